The molecule has 1 N–H and O–H groups in total. The van der Waals surface area contributed by atoms with Crippen molar-refractivity contribution in [1.82, 2.24) is 9.88 Å². The third-order valence-electron chi connectivity index (χ3n) is 7.56. The number of aryl methyl sites for hydroxylation is 3. The van der Waals surface area contributed by atoms with E-state index >= 15 is 0 Å². The van der Waals surface area contributed by atoms with E-state index in [2.05, 4.69) is 72.1 Å². The number of halogens is 2. The fraction of sp³-hybridized carbons (Fsp3) is 0.314. The number of carbonyl (C=O) groups is 1. The molecule has 0 aliphatic carbocycles. The zero-order valence-corrected chi connectivity index (χ0v) is 25.3. The van der Waals surface area contributed by atoms with Crippen LogP contribution in [0.5, 0.6) is 0 Å². The van der Waals surface area contributed by atoms with E-state index in [1.54, 1.807) is 19.1 Å². The van der Waals surface area contributed by atoms with Crippen LogP contribution < -0.4 is 10.2 Å². The average Bonchev–Trinajstić information content (AvgIpc) is 2.98. The highest BCUT2D eigenvalue weighted by Gasteiger charge is 2.28. The lowest BCUT2D eigenvalue weighted by Crippen LogP contribution is -2.44. The second-order valence-electron chi connectivity index (χ2n) is 10.7. The summed E-state index contributed by atoms with van der Waals surface area (Å²) in [6.45, 7) is 11.4. The van der Waals surface area contributed by atoms with Crippen LogP contribution in [0.1, 0.15) is 38.0 Å². The van der Waals surface area contributed by atoms with Crippen LogP contribution in [0.3, 0.4) is 0 Å². The molecule has 0 atom stereocenters. The second kappa shape index (κ2) is 14.6. The number of pyridine rings is 1. The molecule has 0 spiro atoms. The predicted molar refractivity (Wildman–Crippen MR) is 173 cm³/mol. The van der Waals surface area contributed by atoms with Crippen molar-refractivity contribution in [2.75, 3.05) is 29.9 Å². The summed E-state index contributed by atoms with van der Waals surface area (Å²) in [4.78, 5) is 17.1. The van der Waals surface area contributed by atoms with E-state index in [-0.39, 0.29) is 7.47 Å². The van der Waals surface area contributed by atoms with E-state index in [1.165, 1.54) is 5.56 Å². The lowest BCUT2D eigenvalue weighted by Gasteiger charge is -2.39. The van der Waals surface area contributed by atoms with Gasteiger partial charge in [0.25, 0.3) is 6.47 Å². The third kappa shape index (κ3) is 7.89. The van der Waals surface area contributed by atoms with E-state index in [1.807, 2.05) is 30.9 Å². The van der Waals surface area contributed by atoms with Crippen LogP contribution in [0.4, 0.5) is 20.2 Å². The first-order valence-corrected chi connectivity index (χ1v) is 14.6. The minimum absolute atomic E-state index is 0. The predicted octanol–water partition coefficient (Wildman–Crippen LogP) is 8.33. The van der Waals surface area contributed by atoms with Crippen LogP contribution in [-0.2, 0) is 9.53 Å². The van der Waals surface area contributed by atoms with Crippen molar-refractivity contribution in [3.63, 3.8) is 0 Å². The number of para-hydroxylation sites is 1. The molecule has 1 aliphatic heterocycles. The first-order valence-electron chi connectivity index (χ1n) is 14.6. The smallest absolute Gasteiger partial charge is 0.320 e. The number of likely N-dealkylation sites (tertiary alicyclic amines) is 1. The summed E-state index contributed by atoms with van der Waals surface area (Å²) in [7, 11) is 0. The molecule has 6 nitrogen and oxygen atoms in total. The lowest BCUT2D eigenvalue weighted by atomic mass is 10.0. The number of alkyl halides is 2. The monoisotopic (exact) mass is 588 g/mol. The summed E-state index contributed by atoms with van der Waals surface area (Å²) in [5.41, 5.74) is 6.67. The first kappa shape index (κ1) is 31.5. The number of nitrogens with zero attached hydrogens (tertiary/aromatic N) is 3. The minimum atomic E-state index is -2.65. The Bertz CT molecular complexity index is 1560. The number of rotatable bonds is 9. The fourth-order valence-corrected chi connectivity index (χ4v) is 5.42. The van der Waals surface area contributed by atoms with Gasteiger partial charge in [0.15, 0.2) is 0 Å². The van der Waals surface area contributed by atoms with Gasteiger partial charge in [0.1, 0.15) is 5.82 Å². The van der Waals surface area contributed by atoms with Gasteiger partial charge in [-0.1, -0.05) is 54.6 Å². The number of anilines is 2. The largest absolute Gasteiger partial charge is 0.468 e. The Hall–Kier alpha value is -4.46. The quantitative estimate of drug-likeness (QED) is 0.157. The summed E-state index contributed by atoms with van der Waals surface area (Å²) in [6.07, 6.45) is 1.68. The van der Waals surface area contributed by atoms with Crippen molar-refractivity contribution in [3.05, 3.63) is 102 Å². The Morgan fingerprint density at radius 3 is 2.47 bits per heavy atom. The van der Waals surface area contributed by atoms with Gasteiger partial charge in [0.05, 0.1) is 18.0 Å². The van der Waals surface area contributed by atoms with Gasteiger partial charge in [0.2, 0.25) is 0 Å². The topological polar surface area (TPSA) is 57.7 Å². The van der Waals surface area contributed by atoms with Crippen molar-refractivity contribution in [2.45, 2.75) is 53.1 Å². The average molecular weight is 589 g/mol. The molecule has 8 heteroatoms. The Kier molecular flexibility index (Phi) is 10.7. The molecule has 0 saturated carbocycles. The normalized spacial score (nSPS) is 13.3. The van der Waals surface area contributed by atoms with Crippen LogP contribution in [0, 0.1) is 20.8 Å². The van der Waals surface area contributed by atoms with Crippen molar-refractivity contribution < 1.29 is 19.7 Å². The van der Waals surface area contributed by atoms with Gasteiger partial charge in [-0.15, -0.1) is 0 Å². The number of ether oxygens (including phenoxy) is 1. The summed E-state index contributed by atoms with van der Waals surface area (Å²) in [5.74, 6) is 0.352. The Balaban J connectivity index is 0.000000817. The van der Waals surface area contributed by atoms with Crippen LogP contribution in [-0.4, -0.2) is 48.6 Å². The molecule has 1 saturated heterocycles. The number of nitrogens with one attached hydrogen (secondary N) is 1. The summed E-state index contributed by atoms with van der Waals surface area (Å²) in [6, 6.07) is 24.5. The number of carbonyl (C=O) groups excluding carboxylic acids is 1. The molecule has 1 aromatic heterocycles. The molecule has 0 radical (unpaired) electrons. The molecule has 2 heterocycles. The van der Waals surface area contributed by atoms with Gasteiger partial charge in [-0.2, -0.15) is 8.78 Å². The SMILES string of the molecule is C=C(N1CCC(Nc2ccc3c(-c4cccc(C)c4)nc(C)cc3c2)CC1)N(c1ccccc1C)C(F)F.CCOC=O.[HH]. The summed E-state index contributed by atoms with van der Waals surface area (Å²) < 4.78 is 32.3. The van der Waals surface area contributed by atoms with Gasteiger partial charge in [0, 0.05) is 42.9 Å². The maximum absolute atomic E-state index is 14.1. The van der Waals surface area contributed by atoms with Crippen LogP contribution in [0.2, 0.25) is 0 Å². The minimum Gasteiger partial charge on any atom is -0.468 e. The van der Waals surface area contributed by atoms with Gasteiger partial charge in [-0.3, -0.25) is 14.7 Å². The van der Waals surface area contributed by atoms with Gasteiger partial charge < -0.3 is 15.0 Å². The van der Waals surface area contributed by atoms with Crippen LogP contribution in [0.15, 0.2) is 85.2 Å². The number of hydrogen-bond donors (Lipinski definition) is 1. The van der Waals surface area contributed by atoms with Crippen LogP contribution >= 0.6 is 0 Å². The molecule has 0 unspecified atom stereocenters. The van der Waals surface area contributed by atoms with Gasteiger partial charge in [-0.25, -0.2) is 0 Å². The molecule has 3 aromatic carbocycles. The lowest BCUT2D eigenvalue weighted by molar-refractivity contribution is -0.128. The van der Waals surface area contributed by atoms with Crippen molar-refractivity contribution in [1.29, 1.82) is 0 Å². The van der Waals surface area contributed by atoms with E-state index in [4.69, 9.17) is 4.98 Å². The molecule has 0 bridgehead atoms. The highest BCUT2D eigenvalue weighted by atomic mass is 19.3. The summed E-state index contributed by atoms with van der Waals surface area (Å²) >= 11 is 0. The molecular weight excluding hydrogens is 546 g/mol. The molecule has 5 rings (SSSR count). The van der Waals surface area contributed by atoms with E-state index in [0.29, 0.717) is 37.7 Å². The standard InChI is InChI=1S/C32H34F2N4.C3H6O2.H2/c1-21-8-7-10-25(18-21)31-29-13-12-28(20-26(29)19-23(3)35-31)36-27-14-16-37(17-15-27)24(4)38(32(33)34)30-11-6-5-9-22(30)2;1-2-5-3-4;/h5-13,18-20,27,32,36H,4,14-17H2,1-3H3;3H,2H2,1H3;1H. The van der Waals surface area contributed by atoms with Crippen molar-refractivity contribution >= 4 is 28.6 Å². The number of aromatic nitrogens is 1. The molecule has 1 aliphatic rings. The molecule has 4 aromatic rings. The number of hydrogen-bond acceptors (Lipinski definition) is 6. The molecule has 0 amide bonds. The number of piperidine rings is 1. The Labute approximate surface area is 254 Å². The van der Waals surface area contributed by atoms with Crippen molar-refractivity contribution in [3.8, 4) is 11.3 Å². The Morgan fingerprint density at radius 1 is 1.09 bits per heavy atom. The maximum atomic E-state index is 14.1. The highest BCUT2D eigenvalue weighted by molar-refractivity contribution is 5.96. The zero-order chi connectivity index (χ0) is 30.9. The molecular formula is C35H42F2N4O2. The van der Waals surface area contributed by atoms with E-state index in [0.717, 1.165) is 56.7 Å². The number of benzene rings is 3. The summed E-state index contributed by atoms with van der Waals surface area (Å²) in [5, 5.41) is 5.95. The highest BCUT2D eigenvalue weighted by Crippen LogP contribution is 2.32. The number of fused-ring (bicyclic) bond motifs is 1. The second-order valence-corrected chi connectivity index (χ2v) is 10.7. The Morgan fingerprint density at radius 2 is 1.84 bits per heavy atom. The molecule has 228 valence electrons. The van der Waals surface area contributed by atoms with Gasteiger partial charge in [-0.05, 0) is 81.8 Å². The van der Waals surface area contributed by atoms with Gasteiger partial charge >= 0.3 is 6.55 Å². The first-order chi connectivity index (χ1) is 20.7. The third-order valence-corrected chi connectivity index (χ3v) is 7.56. The van der Waals surface area contributed by atoms with Crippen molar-refractivity contribution in [2.24, 2.45) is 0 Å². The molecule has 1 fully saturated rings. The fourth-order valence-electron chi connectivity index (χ4n) is 5.42. The van der Waals surface area contributed by atoms with Crippen LogP contribution in [0.25, 0.3) is 22.0 Å². The van der Waals surface area contributed by atoms with E-state index in [9.17, 15) is 13.6 Å². The van der Waals surface area contributed by atoms with E-state index < -0.39 is 6.55 Å². The molecule has 43 heavy (non-hydrogen) atoms. The zero-order valence-electron chi connectivity index (χ0n) is 25.3. The maximum Gasteiger partial charge on any atom is 0.320 e.